The lowest BCUT2D eigenvalue weighted by molar-refractivity contribution is 0.185. The van der Waals surface area contributed by atoms with E-state index in [1.54, 1.807) is 12.1 Å². The molecule has 0 saturated heterocycles. The Labute approximate surface area is 158 Å². The molecule has 1 aliphatic rings. The molecule has 0 fully saturated rings. The summed E-state index contributed by atoms with van der Waals surface area (Å²) in [7, 11) is 0. The largest absolute Gasteiger partial charge is 0.492 e. The van der Waals surface area contributed by atoms with Crippen LogP contribution in [0.15, 0.2) is 42.5 Å². The molecule has 0 bridgehead atoms. The van der Waals surface area contributed by atoms with Gasteiger partial charge in [-0.25, -0.2) is 9.37 Å². The van der Waals surface area contributed by atoms with E-state index in [0.717, 1.165) is 42.0 Å². The fourth-order valence-corrected chi connectivity index (χ4v) is 3.35. The molecule has 2 aromatic carbocycles. The molecule has 1 aromatic heterocycles. The molecule has 0 unspecified atom stereocenters. The summed E-state index contributed by atoms with van der Waals surface area (Å²) in [4.78, 5) is 7.09. The number of rotatable bonds is 4. The zero-order valence-corrected chi connectivity index (χ0v) is 15.7. The minimum atomic E-state index is -0.256. The molecule has 0 atom stereocenters. The molecular weight excluding hydrogens is 343 g/mol. The minimum absolute atomic E-state index is 0.256. The fraction of sp³-hybridized carbons (Fsp3) is 0.318. The number of aromatic nitrogens is 1. The SMILES string of the molecule is Cc1ccc2cc3c(nc2c1C)OCCN(CCOc1ccc(F)cc1)C3. The minimum Gasteiger partial charge on any atom is -0.492 e. The van der Waals surface area contributed by atoms with Crippen molar-refractivity contribution in [3.05, 3.63) is 65.0 Å². The lowest BCUT2D eigenvalue weighted by Crippen LogP contribution is -2.30. The molecule has 4 rings (SSSR count). The molecule has 0 radical (unpaired) electrons. The summed E-state index contributed by atoms with van der Waals surface area (Å²) in [5, 5.41) is 1.14. The van der Waals surface area contributed by atoms with Gasteiger partial charge in [-0.2, -0.15) is 0 Å². The van der Waals surface area contributed by atoms with Gasteiger partial charge in [-0.15, -0.1) is 0 Å². The van der Waals surface area contributed by atoms with Gasteiger partial charge < -0.3 is 9.47 Å². The number of fused-ring (bicyclic) bond motifs is 2. The van der Waals surface area contributed by atoms with Crippen molar-refractivity contribution in [1.29, 1.82) is 0 Å². The van der Waals surface area contributed by atoms with Gasteiger partial charge >= 0.3 is 0 Å². The van der Waals surface area contributed by atoms with Gasteiger partial charge in [-0.3, -0.25) is 4.90 Å². The van der Waals surface area contributed by atoms with E-state index in [0.29, 0.717) is 19.0 Å². The lowest BCUT2D eigenvalue weighted by atomic mass is 10.0. The van der Waals surface area contributed by atoms with Gasteiger partial charge in [0.05, 0.1) is 5.52 Å². The van der Waals surface area contributed by atoms with E-state index >= 15 is 0 Å². The highest BCUT2D eigenvalue weighted by Gasteiger charge is 2.18. The highest BCUT2D eigenvalue weighted by atomic mass is 19.1. The summed E-state index contributed by atoms with van der Waals surface area (Å²) in [6, 6.07) is 12.6. The lowest BCUT2D eigenvalue weighted by Gasteiger charge is -2.19. The van der Waals surface area contributed by atoms with Gasteiger partial charge in [0, 0.05) is 30.6 Å². The number of benzene rings is 2. The van der Waals surface area contributed by atoms with Crippen LogP contribution < -0.4 is 9.47 Å². The van der Waals surface area contributed by atoms with E-state index in [1.165, 1.54) is 23.3 Å². The first-order chi connectivity index (χ1) is 13.1. The summed E-state index contributed by atoms with van der Waals surface area (Å²) < 4.78 is 24.6. The van der Waals surface area contributed by atoms with Crippen molar-refractivity contribution in [3.8, 4) is 11.6 Å². The summed E-state index contributed by atoms with van der Waals surface area (Å²) >= 11 is 0. The molecular formula is C22H23FN2O2. The second kappa shape index (κ2) is 7.53. The Hall–Kier alpha value is -2.66. The molecule has 0 saturated carbocycles. The quantitative estimate of drug-likeness (QED) is 0.691. The molecule has 4 nitrogen and oxygen atoms in total. The first kappa shape index (κ1) is 17.7. The highest BCUT2D eigenvalue weighted by Crippen LogP contribution is 2.28. The van der Waals surface area contributed by atoms with Crippen molar-refractivity contribution in [1.82, 2.24) is 9.88 Å². The molecule has 0 aliphatic carbocycles. The molecule has 3 aromatic rings. The summed E-state index contributed by atoms with van der Waals surface area (Å²) in [6.45, 7) is 7.71. The van der Waals surface area contributed by atoms with E-state index in [1.807, 2.05) is 0 Å². The smallest absolute Gasteiger partial charge is 0.218 e. The third-order valence-corrected chi connectivity index (χ3v) is 5.08. The Kier molecular flexibility index (Phi) is 4.94. The number of halogens is 1. The third kappa shape index (κ3) is 3.88. The van der Waals surface area contributed by atoms with Crippen LogP contribution >= 0.6 is 0 Å². The van der Waals surface area contributed by atoms with E-state index in [2.05, 4.69) is 36.9 Å². The predicted molar refractivity (Wildman–Crippen MR) is 104 cm³/mol. The maximum absolute atomic E-state index is 13.0. The van der Waals surface area contributed by atoms with Crippen molar-refractivity contribution < 1.29 is 13.9 Å². The average molecular weight is 366 g/mol. The second-order valence-corrected chi connectivity index (χ2v) is 6.96. The first-order valence-corrected chi connectivity index (χ1v) is 9.23. The summed E-state index contributed by atoms with van der Waals surface area (Å²) in [6.07, 6.45) is 0. The van der Waals surface area contributed by atoms with Gasteiger partial charge in [0.2, 0.25) is 5.88 Å². The van der Waals surface area contributed by atoms with Crippen LogP contribution in [0.5, 0.6) is 11.6 Å². The van der Waals surface area contributed by atoms with Crippen molar-refractivity contribution in [2.75, 3.05) is 26.3 Å². The van der Waals surface area contributed by atoms with Crippen LogP contribution in [0.4, 0.5) is 4.39 Å². The van der Waals surface area contributed by atoms with E-state index < -0.39 is 0 Å². The van der Waals surface area contributed by atoms with Crippen LogP contribution in [0, 0.1) is 19.7 Å². The molecule has 2 heterocycles. The number of pyridine rings is 1. The number of hydrogen-bond acceptors (Lipinski definition) is 4. The average Bonchev–Trinajstić information content (AvgIpc) is 2.86. The summed E-state index contributed by atoms with van der Waals surface area (Å²) in [5.74, 6) is 1.16. The zero-order valence-electron chi connectivity index (χ0n) is 15.7. The topological polar surface area (TPSA) is 34.6 Å². The number of hydrogen-bond donors (Lipinski definition) is 0. The number of ether oxygens (including phenoxy) is 2. The van der Waals surface area contributed by atoms with Crippen LogP contribution in [0.2, 0.25) is 0 Å². The fourth-order valence-electron chi connectivity index (χ4n) is 3.35. The molecule has 140 valence electrons. The van der Waals surface area contributed by atoms with Gasteiger partial charge in [-0.05, 0) is 55.3 Å². The van der Waals surface area contributed by atoms with Gasteiger partial charge in [0.15, 0.2) is 0 Å². The van der Waals surface area contributed by atoms with Crippen LogP contribution in [0.3, 0.4) is 0 Å². The molecule has 1 aliphatic heterocycles. The monoisotopic (exact) mass is 366 g/mol. The maximum atomic E-state index is 13.0. The Morgan fingerprint density at radius 1 is 1.15 bits per heavy atom. The summed E-state index contributed by atoms with van der Waals surface area (Å²) in [5.41, 5.74) is 4.56. The van der Waals surface area contributed by atoms with Crippen molar-refractivity contribution in [2.24, 2.45) is 0 Å². The first-order valence-electron chi connectivity index (χ1n) is 9.23. The van der Waals surface area contributed by atoms with Gasteiger partial charge in [0.1, 0.15) is 24.8 Å². The van der Waals surface area contributed by atoms with Crippen molar-refractivity contribution in [3.63, 3.8) is 0 Å². The van der Waals surface area contributed by atoms with Crippen LogP contribution in [0.1, 0.15) is 16.7 Å². The Balaban J connectivity index is 1.46. The number of aryl methyl sites for hydroxylation is 2. The van der Waals surface area contributed by atoms with E-state index in [-0.39, 0.29) is 5.82 Å². The van der Waals surface area contributed by atoms with E-state index in [9.17, 15) is 4.39 Å². The van der Waals surface area contributed by atoms with Crippen LogP contribution in [-0.4, -0.2) is 36.2 Å². The molecule has 5 heteroatoms. The van der Waals surface area contributed by atoms with Crippen molar-refractivity contribution in [2.45, 2.75) is 20.4 Å². The van der Waals surface area contributed by atoms with Gasteiger partial charge in [0.25, 0.3) is 0 Å². The maximum Gasteiger partial charge on any atom is 0.218 e. The van der Waals surface area contributed by atoms with Crippen molar-refractivity contribution >= 4 is 10.9 Å². The standard InChI is InChI=1S/C22H23FN2O2/c1-15-3-4-17-13-18-14-25(9-11-26-20-7-5-19(23)6-8-20)10-12-27-22(18)24-21(17)16(15)2/h3-8,13H,9-12,14H2,1-2H3. The van der Waals surface area contributed by atoms with Crippen LogP contribution in [-0.2, 0) is 6.54 Å². The number of nitrogens with zero attached hydrogens (tertiary/aromatic N) is 2. The normalized spacial score (nSPS) is 14.5. The predicted octanol–water partition coefficient (Wildman–Crippen LogP) is 4.26. The molecule has 0 N–H and O–H groups in total. The third-order valence-electron chi connectivity index (χ3n) is 5.08. The highest BCUT2D eigenvalue weighted by molar-refractivity contribution is 5.84. The zero-order chi connectivity index (χ0) is 18.8. The molecule has 0 spiro atoms. The molecule has 0 amide bonds. The van der Waals surface area contributed by atoms with Gasteiger partial charge in [-0.1, -0.05) is 12.1 Å². The van der Waals surface area contributed by atoms with Crippen LogP contribution in [0.25, 0.3) is 10.9 Å². The Morgan fingerprint density at radius 2 is 1.96 bits per heavy atom. The second-order valence-electron chi connectivity index (χ2n) is 6.96. The van der Waals surface area contributed by atoms with E-state index in [4.69, 9.17) is 14.5 Å². The Morgan fingerprint density at radius 3 is 2.78 bits per heavy atom. The molecule has 27 heavy (non-hydrogen) atoms. The Bertz CT molecular complexity index is 957.